The third-order valence-electron chi connectivity index (χ3n) is 4.45. The zero-order chi connectivity index (χ0) is 20.1. The average Bonchev–Trinajstić information content (AvgIpc) is 3.13. The molecular weight excluding hydrogens is 370 g/mol. The van der Waals surface area contributed by atoms with Crippen LogP contribution in [-0.2, 0) is 5.41 Å². The number of carbonyl (C=O) groups is 1. The smallest absolute Gasteiger partial charge is 0.256 e. The van der Waals surface area contributed by atoms with Crippen molar-refractivity contribution in [3.05, 3.63) is 53.7 Å². The highest BCUT2D eigenvalue weighted by Gasteiger charge is 2.15. The van der Waals surface area contributed by atoms with Gasteiger partial charge in [-0.1, -0.05) is 32.9 Å². The fraction of sp³-hybridized carbons (Fsp3) is 0.381. The topological polar surface area (TPSA) is 71.3 Å². The number of benzene rings is 1. The van der Waals surface area contributed by atoms with Crippen molar-refractivity contribution in [2.24, 2.45) is 0 Å². The molecule has 0 atom stereocenters. The summed E-state index contributed by atoms with van der Waals surface area (Å²) in [6, 6.07) is 11.4. The lowest BCUT2D eigenvalue weighted by atomic mass is 9.87. The van der Waals surface area contributed by atoms with Crippen molar-refractivity contribution in [3.63, 3.8) is 0 Å². The number of rotatable bonds is 7. The largest absolute Gasteiger partial charge is 0.370 e. The Bertz CT molecular complexity index is 944. The molecular formula is C21H27N5OS. The van der Waals surface area contributed by atoms with E-state index in [-0.39, 0.29) is 11.3 Å². The number of fused-ring (bicyclic) bond motifs is 1. The SMILES string of the molecule is CSCCCNc1cc(NC(=O)c2ccc(C(C)(C)C)cc2)nc2ccnn12. The fourth-order valence-corrected chi connectivity index (χ4v) is 3.28. The van der Waals surface area contributed by atoms with Crippen LogP contribution in [0.5, 0.6) is 0 Å². The molecule has 7 heteroatoms. The van der Waals surface area contributed by atoms with E-state index < -0.39 is 0 Å². The van der Waals surface area contributed by atoms with Gasteiger partial charge in [0.15, 0.2) is 5.65 Å². The summed E-state index contributed by atoms with van der Waals surface area (Å²) in [4.78, 5) is 17.2. The molecule has 0 aliphatic carbocycles. The van der Waals surface area contributed by atoms with Crippen LogP contribution in [0.3, 0.4) is 0 Å². The third-order valence-corrected chi connectivity index (χ3v) is 5.14. The van der Waals surface area contributed by atoms with Crippen molar-refractivity contribution in [2.45, 2.75) is 32.6 Å². The van der Waals surface area contributed by atoms with E-state index in [0.29, 0.717) is 17.0 Å². The molecule has 0 radical (unpaired) electrons. The maximum Gasteiger partial charge on any atom is 0.256 e. The maximum absolute atomic E-state index is 12.7. The lowest BCUT2D eigenvalue weighted by Gasteiger charge is -2.19. The van der Waals surface area contributed by atoms with Crippen molar-refractivity contribution in [1.29, 1.82) is 0 Å². The monoisotopic (exact) mass is 397 g/mol. The number of nitrogens with one attached hydrogen (secondary N) is 2. The van der Waals surface area contributed by atoms with Gasteiger partial charge in [-0.3, -0.25) is 4.79 Å². The number of nitrogens with zero attached hydrogens (tertiary/aromatic N) is 3. The van der Waals surface area contributed by atoms with E-state index in [4.69, 9.17) is 0 Å². The zero-order valence-electron chi connectivity index (χ0n) is 16.8. The molecule has 0 aliphatic rings. The minimum absolute atomic E-state index is 0.0560. The van der Waals surface area contributed by atoms with Crippen LogP contribution in [0.2, 0.25) is 0 Å². The van der Waals surface area contributed by atoms with Crippen molar-refractivity contribution >= 4 is 35.0 Å². The summed E-state index contributed by atoms with van der Waals surface area (Å²) in [6.07, 6.45) is 4.85. The van der Waals surface area contributed by atoms with Crippen molar-refractivity contribution in [1.82, 2.24) is 14.6 Å². The number of thioether (sulfide) groups is 1. The average molecular weight is 398 g/mol. The predicted molar refractivity (Wildman–Crippen MR) is 118 cm³/mol. The minimum Gasteiger partial charge on any atom is -0.370 e. The summed E-state index contributed by atoms with van der Waals surface area (Å²) in [5.41, 5.74) is 2.55. The van der Waals surface area contributed by atoms with Gasteiger partial charge in [0.25, 0.3) is 5.91 Å². The first-order valence-electron chi connectivity index (χ1n) is 9.38. The Balaban J connectivity index is 1.76. The van der Waals surface area contributed by atoms with Gasteiger partial charge in [-0.2, -0.15) is 21.4 Å². The second-order valence-electron chi connectivity index (χ2n) is 7.68. The second-order valence-corrected chi connectivity index (χ2v) is 8.67. The Kier molecular flexibility index (Phi) is 6.24. The maximum atomic E-state index is 12.7. The van der Waals surface area contributed by atoms with Gasteiger partial charge in [0, 0.05) is 24.2 Å². The molecule has 148 valence electrons. The Hall–Kier alpha value is -2.54. The summed E-state index contributed by atoms with van der Waals surface area (Å²) in [7, 11) is 0. The van der Waals surface area contributed by atoms with Crippen LogP contribution in [-0.4, -0.2) is 39.1 Å². The van der Waals surface area contributed by atoms with E-state index in [9.17, 15) is 4.79 Å². The van der Waals surface area contributed by atoms with Crippen molar-refractivity contribution < 1.29 is 4.79 Å². The summed E-state index contributed by atoms with van der Waals surface area (Å²) in [5.74, 6) is 2.24. The Morgan fingerprint density at radius 1 is 1.18 bits per heavy atom. The molecule has 0 spiro atoms. The Morgan fingerprint density at radius 2 is 1.93 bits per heavy atom. The molecule has 3 rings (SSSR count). The molecule has 2 heterocycles. The van der Waals surface area contributed by atoms with Gasteiger partial charge in [-0.05, 0) is 41.5 Å². The normalized spacial score (nSPS) is 11.6. The van der Waals surface area contributed by atoms with Crippen LogP contribution in [0.1, 0.15) is 43.1 Å². The van der Waals surface area contributed by atoms with E-state index in [1.165, 1.54) is 5.56 Å². The quantitative estimate of drug-likeness (QED) is 0.577. The van der Waals surface area contributed by atoms with E-state index >= 15 is 0 Å². The molecule has 0 fully saturated rings. The van der Waals surface area contributed by atoms with Crippen LogP contribution in [0.4, 0.5) is 11.6 Å². The molecule has 2 aromatic heterocycles. The van der Waals surface area contributed by atoms with Crippen molar-refractivity contribution in [2.75, 3.05) is 29.2 Å². The zero-order valence-corrected chi connectivity index (χ0v) is 17.6. The number of hydrogen-bond acceptors (Lipinski definition) is 5. The standard InChI is InChI=1S/C21H27N5OS/c1-21(2,3)16-8-6-15(7-9-16)20(27)25-17-14-19(22-11-5-13-28-4)26-18(24-17)10-12-23-26/h6-10,12,14,22H,5,11,13H2,1-4H3,(H,24,25,27). The molecule has 3 aromatic rings. The highest BCUT2D eigenvalue weighted by Crippen LogP contribution is 2.23. The number of aromatic nitrogens is 3. The third kappa shape index (κ3) is 4.84. The van der Waals surface area contributed by atoms with Crippen LogP contribution in [0.15, 0.2) is 42.6 Å². The number of amides is 1. The van der Waals surface area contributed by atoms with E-state index in [2.05, 4.69) is 47.7 Å². The van der Waals surface area contributed by atoms with E-state index in [1.54, 1.807) is 10.7 Å². The van der Waals surface area contributed by atoms with Crippen LogP contribution >= 0.6 is 11.8 Å². The van der Waals surface area contributed by atoms with E-state index in [0.717, 1.165) is 24.5 Å². The van der Waals surface area contributed by atoms with Gasteiger partial charge in [-0.15, -0.1) is 0 Å². The summed E-state index contributed by atoms with van der Waals surface area (Å²) < 4.78 is 1.74. The van der Waals surface area contributed by atoms with Gasteiger partial charge in [-0.25, -0.2) is 4.98 Å². The molecule has 6 nitrogen and oxygen atoms in total. The van der Waals surface area contributed by atoms with Crippen LogP contribution in [0.25, 0.3) is 5.65 Å². The second kappa shape index (κ2) is 8.65. The first-order chi connectivity index (χ1) is 13.4. The molecule has 0 saturated carbocycles. The molecule has 0 aliphatic heterocycles. The lowest BCUT2D eigenvalue weighted by molar-refractivity contribution is 0.102. The molecule has 0 bridgehead atoms. The van der Waals surface area contributed by atoms with Crippen LogP contribution in [0, 0.1) is 0 Å². The first kappa shape index (κ1) is 20.2. The molecule has 0 unspecified atom stereocenters. The van der Waals surface area contributed by atoms with Gasteiger partial charge < -0.3 is 10.6 Å². The van der Waals surface area contributed by atoms with Gasteiger partial charge >= 0.3 is 0 Å². The highest BCUT2D eigenvalue weighted by molar-refractivity contribution is 7.98. The minimum atomic E-state index is -0.176. The lowest BCUT2D eigenvalue weighted by Crippen LogP contribution is -2.16. The fourth-order valence-electron chi connectivity index (χ4n) is 2.85. The number of hydrogen-bond donors (Lipinski definition) is 2. The number of anilines is 2. The summed E-state index contributed by atoms with van der Waals surface area (Å²) >= 11 is 1.82. The van der Waals surface area contributed by atoms with Gasteiger partial charge in [0.1, 0.15) is 11.6 Å². The first-order valence-corrected chi connectivity index (χ1v) is 10.8. The molecule has 2 N–H and O–H groups in total. The summed E-state index contributed by atoms with van der Waals surface area (Å²) in [5, 5.41) is 10.6. The molecule has 1 amide bonds. The molecule has 28 heavy (non-hydrogen) atoms. The Labute approximate surface area is 170 Å². The van der Waals surface area contributed by atoms with Gasteiger partial charge in [0.2, 0.25) is 0 Å². The predicted octanol–water partition coefficient (Wildman–Crippen LogP) is 4.44. The Morgan fingerprint density at radius 3 is 2.61 bits per heavy atom. The van der Waals surface area contributed by atoms with Crippen molar-refractivity contribution in [3.8, 4) is 0 Å². The number of carbonyl (C=O) groups excluding carboxylic acids is 1. The molecule has 1 aromatic carbocycles. The van der Waals surface area contributed by atoms with Gasteiger partial charge in [0.05, 0.1) is 6.20 Å². The highest BCUT2D eigenvalue weighted by atomic mass is 32.2. The van der Waals surface area contributed by atoms with E-state index in [1.807, 2.05) is 48.2 Å². The van der Waals surface area contributed by atoms with Crippen LogP contribution < -0.4 is 10.6 Å². The summed E-state index contributed by atoms with van der Waals surface area (Å²) in [6.45, 7) is 7.29. The molecule has 0 saturated heterocycles.